The van der Waals surface area contributed by atoms with Gasteiger partial charge in [-0.05, 0) is 32.1 Å². The molecule has 0 amide bonds. The second kappa shape index (κ2) is 5.58. The zero-order chi connectivity index (χ0) is 8.81. The van der Waals surface area contributed by atoms with Gasteiger partial charge in [0, 0.05) is 6.61 Å². The summed E-state index contributed by atoms with van der Waals surface area (Å²) in [4.78, 5) is 0. The lowest BCUT2D eigenvalue weighted by atomic mass is 9.90. The average Bonchev–Trinajstić information content (AvgIpc) is 2.09. The van der Waals surface area contributed by atoms with Crippen molar-refractivity contribution in [3.8, 4) is 0 Å². The molecule has 1 aliphatic rings. The van der Waals surface area contributed by atoms with Crippen LogP contribution < -0.4 is 0 Å². The topological polar surface area (TPSA) is 9.23 Å². The Kier molecular flexibility index (Phi) is 4.67. The first-order valence-corrected chi connectivity index (χ1v) is 5.46. The van der Waals surface area contributed by atoms with Crippen molar-refractivity contribution in [1.29, 1.82) is 0 Å². The largest absolute Gasteiger partial charge is 0.378 e. The second-order valence-corrected chi connectivity index (χ2v) is 3.97. The molecule has 1 heterocycles. The van der Waals surface area contributed by atoms with E-state index >= 15 is 0 Å². The highest BCUT2D eigenvalue weighted by molar-refractivity contribution is 4.70. The van der Waals surface area contributed by atoms with Crippen LogP contribution in [0.1, 0.15) is 52.4 Å². The molecule has 1 heteroatoms. The third kappa shape index (κ3) is 3.14. The van der Waals surface area contributed by atoms with Gasteiger partial charge in [-0.2, -0.15) is 0 Å². The van der Waals surface area contributed by atoms with Crippen LogP contribution in [0.15, 0.2) is 0 Å². The molecule has 1 nitrogen and oxygen atoms in total. The number of rotatable bonds is 4. The Labute approximate surface area is 76.5 Å². The molecule has 0 saturated carbocycles. The van der Waals surface area contributed by atoms with E-state index in [0.29, 0.717) is 6.10 Å². The molecule has 1 rings (SSSR count). The normalized spacial score (nSPS) is 30.5. The Morgan fingerprint density at radius 2 is 2.17 bits per heavy atom. The van der Waals surface area contributed by atoms with Gasteiger partial charge in [0.2, 0.25) is 0 Å². The predicted molar refractivity (Wildman–Crippen MR) is 52.3 cm³/mol. The van der Waals surface area contributed by atoms with Gasteiger partial charge in [0.25, 0.3) is 0 Å². The zero-order valence-corrected chi connectivity index (χ0v) is 8.51. The third-order valence-corrected chi connectivity index (χ3v) is 2.94. The van der Waals surface area contributed by atoms with E-state index in [1.165, 1.54) is 38.5 Å². The average molecular weight is 170 g/mol. The Hall–Kier alpha value is -0.0400. The maximum Gasteiger partial charge on any atom is 0.0575 e. The van der Waals surface area contributed by atoms with Gasteiger partial charge in [0.15, 0.2) is 0 Å². The van der Waals surface area contributed by atoms with Crippen LogP contribution in [0.25, 0.3) is 0 Å². The molecule has 0 bridgehead atoms. The molecule has 0 aromatic carbocycles. The molecule has 12 heavy (non-hydrogen) atoms. The van der Waals surface area contributed by atoms with E-state index in [1.54, 1.807) is 0 Å². The van der Waals surface area contributed by atoms with Gasteiger partial charge in [-0.25, -0.2) is 0 Å². The Morgan fingerprint density at radius 1 is 1.33 bits per heavy atom. The molecule has 2 unspecified atom stereocenters. The fourth-order valence-corrected chi connectivity index (χ4v) is 2.02. The predicted octanol–water partition coefficient (Wildman–Crippen LogP) is 3.38. The van der Waals surface area contributed by atoms with Gasteiger partial charge < -0.3 is 4.74 Å². The van der Waals surface area contributed by atoms with E-state index in [4.69, 9.17) is 4.74 Å². The second-order valence-electron chi connectivity index (χ2n) is 3.97. The number of unbranched alkanes of at least 4 members (excludes halogenated alkanes) is 2. The standard InChI is InChI=1S/C11H22O/c1-3-4-5-7-11-8-6-9-12-10(11)2/h10-11H,3-9H2,1-2H3. The monoisotopic (exact) mass is 170 g/mol. The number of ether oxygens (including phenoxy) is 1. The molecular weight excluding hydrogens is 148 g/mol. The van der Waals surface area contributed by atoms with Crippen molar-refractivity contribution in [3.05, 3.63) is 0 Å². The molecule has 0 aromatic rings. The van der Waals surface area contributed by atoms with Crippen LogP contribution in [0, 0.1) is 5.92 Å². The van der Waals surface area contributed by atoms with Crippen molar-refractivity contribution < 1.29 is 4.74 Å². The lowest BCUT2D eigenvalue weighted by molar-refractivity contribution is -0.0177. The van der Waals surface area contributed by atoms with Crippen molar-refractivity contribution in [2.75, 3.05) is 6.61 Å². The lowest BCUT2D eigenvalue weighted by Crippen LogP contribution is -2.26. The lowest BCUT2D eigenvalue weighted by Gasteiger charge is -2.29. The molecule has 1 fully saturated rings. The van der Waals surface area contributed by atoms with Gasteiger partial charge in [-0.3, -0.25) is 0 Å². The fraction of sp³-hybridized carbons (Fsp3) is 1.00. The van der Waals surface area contributed by atoms with Crippen molar-refractivity contribution in [3.63, 3.8) is 0 Å². The summed E-state index contributed by atoms with van der Waals surface area (Å²) in [6.45, 7) is 5.49. The van der Waals surface area contributed by atoms with Crippen LogP contribution in [0.4, 0.5) is 0 Å². The number of hydrogen-bond donors (Lipinski definition) is 0. The highest BCUT2D eigenvalue weighted by Crippen LogP contribution is 2.25. The maximum absolute atomic E-state index is 5.62. The molecule has 0 N–H and O–H groups in total. The summed E-state index contributed by atoms with van der Waals surface area (Å²) in [6, 6.07) is 0. The van der Waals surface area contributed by atoms with E-state index in [1.807, 2.05) is 0 Å². The van der Waals surface area contributed by atoms with E-state index in [0.717, 1.165) is 12.5 Å². The zero-order valence-electron chi connectivity index (χ0n) is 8.51. The van der Waals surface area contributed by atoms with Gasteiger partial charge >= 0.3 is 0 Å². The summed E-state index contributed by atoms with van der Waals surface area (Å²) in [5, 5.41) is 0. The molecule has 72 valence electrons. The highest BCUT2D eigenvalue weighted by Gasteiger charge is 2.20. The minimum atomic E-state index is 0.524. The Balaban J connectivity index is 2.11. The first kappa shape index (κ1) is 10.0. The molecular formula is C11H22O. The van der Waals surface area contributed by atoms with Crippen molar-refractivity contribution in [2.24, 2.45) is 5.92 Å². The highest BCUT2D eigenvalue weighted by atomic mass is 16.5. The quantitative estimate of drug-likeness (QED) is 0.588. The first-order chi connectivity index (χ1) is 5.84. The van der Waals surface area contributed by atoms with E-state index < -0.39 is 0 Å². The summed E-state index contributed by atoms with van der Waals surface area (Å²) >= 11 is 0. The first-order valence-electron chi connectivity index (χ1n) is 5.46. The van der Waals surface area contributed by atoms with E-state index in [2.05, 4.69) is 13.8 Å². The SMILES string of the molecule is CCCCCC1CCCOC1C. The minimum absolute atomic E-state index is 0.524. The third-order valence-electron chi connectivity index (χ3n) is 2.94. The van der Waals surface area contributed by atoms with Crippen LogP contribution in [0.5, 0.6) is 0 Å². The van der Waals surface area contributed by atoms with Crippen molar-refractivity contribution in [2.45, 2.75) is 58.5 Å². The Morgan fingerprint density at radius 3 is 2.83 bits per heavy atom. The molecule has 0 spiro atoms. The fourth-order valence-electron chi connectivity index (χ4n) is 2.02. The van der Waals surface area contributed by atoms with Crippen LogP contribution >= 0.6 is 0 Å². The summed E-state index contributed by atoms with van der Waals surface area (Å²) in [5.41, 5.74) is 0. The smallest absolute Gasteiger partial charge is 0.0575 e. The summed E-state index contributed by atoms with van der Waals surface area (Å²) in [6.07, 6.45) is 8.71. The molecule has 0 radical (unpaired) electrons. The van der Waals surface area contributed by atoms with Crippen LogP contribution in [0.2, 0.25) is 0 Å². The number of hydrogen-bond acceptors (Lipinski definition) is 1. The Bertz CT molecular complexity index is 112. The molecule has 0 aromatic heterocycles. The molecule has 1 saturated heterocycles. The molecule has 1 aliphatic heterocycles. The van der Waals surface area contributed by atoms with Crippen molar-refractivity contribution in [1.82, 2.24) is 0 Å². The summed E-state index contributed by atoms with van der Waals surface area (Å²) in [5.74, 6) is 0.852. The van der Waals surface area contributed by atoms with Crippen LogP contribution in [-0.4, -0.2) is 12.7 Å². The van der Waals surface area contributed by atoms with E-state index in [-0.39, 0.29) is 0 Å². The van der Waals surface area contributed by atoms with Gasteiger partial charge in [-0.15, -0.1) is 0 Å². The van der Waals surface area contributed by atoms with Crippen LogP contribution in [0.3, 0.4) is 0 Å². The van der Waals surface area contributed by atoms with E-state index in [9.17, 15) is 0 Å². The molecule has 0 aliphatic carbocycles. The van der Waals surface area contributed by atoms with Gasteiger partial charge in [0.05, 0.1) is 6.10 Å². The summed E-state index contributed by atoms with van der Waals surface area (Å²) < 4.78 is 5.62. The van der Waals surface area contributed by atoms with Crippen molar-refractivity contribution >= 4 is 0 Å². The van der Waals surface area contributed by atoms with Crippen LogP contribution in [-0.2, 0) is 4.74 Å². The van der Waals surface area contributed by atoms with Gasteiger partial charge in [-0.1, -0.05) is 26.2 Å². The maximum atomic E-state index is 5.62. The summed E-state index contributed by atoms with van der Waals surface area (Å²) in [7, 11) is 0. The molecule has 2 atom stereocenters. The minimum Gasteiger partial charge on any atom is -0.378 e. The van der Waals surface area contributed by atoms with Gasteiger partial charge in [0.1, 0.15) is 0 Å².